The number of methoxy groups -OCH3 is 1. The maximum absolute atomic E-state index is 12.7. The number of hydrogen-bond acceptors (Lipinski definition) is 3. The van der Waals surface area contributed by atoms with Crippen LogP contribution in [-0.4, -0.2) is 13.1 Å². The number of alkyl halides is 3. The van der Waals surface area contributed by atoms with E-state index in [0.29, 0.717) is 6.07 Å². The predicted octanol–water partition coefficient (Wildman–Crippen LogP) is 2.67. The largest absolute Gasteiger partial charge is 0.465 e. The first-order chi connectivity index (χ1) is 7.81. The summed E-state index contributed by atoms with van der Waals surface area (Å²) >= 11 is 0. The molecule has 1 aromatic rings. The number of esters is 1. The van der Waals surface area contributed by atoms with Crippen LogP contribution in [0.4, 0.5) is 13.2 Å². The highest BCUT2D eigenvalue weighted by atomic mass is 19.4. The predicted molar refractivity (Wildman–Crippen MR) is 52.2 cm³/mol. The maximum atomic E-state index is 12.7. The molecule has 0 aliphatic rings. The minimum atomic E-state index is -4.61. The summed E-state index contributed by atoms with van der Waals surface area (Å²) in [6.45, 7) is 1.16. The Bertz CT molecular complexity index is 501. The van der Waals surface area contributed by atoms with Crippen molar-refractivity contribution < 1.29 is 22.7 Å². The lowest BCUT2D eigenvalue weighted by atomic mass is 9.98. The third kappa shape index (κ3) is 2.56. The zero-order valence-electron chi connectivity index (χ0n) is 9.05. The third-order valence-electron chi connectivity index (χ3n) is 2.25. The number of benzene rings is 1. The van der Waals surface area contributed by atoms with Crippen LogP contribution in [0.2, 0.25) is 0 Å². The number of carbonyl (C=O) groups excluding carboxylic acids is 1. The minimum absolute atomic E-state index is 0.233. The highest BCUT2D eigenvalue weighted by Gasteiger charge is 2.34. The van der Waals surface area contributed by atoms with Gasteiger partial charge < -0.3 is 4.74 Å². The van der Waals surface area contributed by atoms with Crippen molar-refractivity contribution in [3.8, 4) is 6.07 Å². The average Bonchev–Trinajstić information content (AvgIpc) is 2.26. The molecule has 0 amide bonds. The average molecular weight is 243 g/mol. The normalized spacial score (nSPS) is 10.8. The summed E-state index contributed by atoms with van der Waals surface area (Å²) in [5, 5.41) is 8.63. The molecule has 0 N–H and O–H groups in total. The van der Waals surface area contributed by atoms with Crippen molar-refractivity contribution in [1.29, 1.82) is 5.26 Å². The molecule has 3 nitrogen and oxygen atoms in total. The van der Waals surface area contributed by atoms with Gasteiger partial charge in [-0.15, -0.1) is 0 Å². The highest BCUT2D eigenvalue weighted by molar-refractivity contribution is 5.91. The van der Waals surface area contributed by atoms with Gasteiger partial charge in [0, 0.05) is 0 Å². The Kier molecular flexibility index (Phi) is 3.42. The van der Waals surface area contributed by atoms with E-state index in [9.17, 15) is 18.0 Å². The van der Waals surface area contributed by atoms with Crippen LogP contribution in [0.5, 0.6) is 0 Å². The van der Waals surface area contributed by atoms with Gasteiger partial charge in [0.1, 0.15) is 0 Å². The molecule has 0 aliphatic carbocycles. The van der Waals surface area contributed by atoms with Crippen molar-refractivity contribution in [3.63, 3.8) is 0 Å². The van der Waals surface area contributed by atoms with E-state index in [-0.39, 0.29) is 16.7 Å². The van der Waals surface area contributed by atoms with Crippen molar-refractivity contribution in [1.82, 2.24) is 0 Å². The molecule has 0 aromatic heterocycles. The molecule has 17 heavy (non-hydrogen) atoms. The Hall–Kier alpha value is -2.03. The van der Waals surface area contributed by atoms with E-state index in [1.165, 1.54) is 0 Å². The van der Waals surface area contributed by atoms with Gasteiger partial charge in [0.2, 0.25) is 0 Å². The van der Waals surface area contributed by atoms with E-state index in [4.69, 9.17) is 5.26 Å². The van der Waals surface area contributed by atoms with Crippen molar-refractivity contribution in [2.45, 2.75) is 13.1 Å². The summed E-state index contributed by atoms with van der Waals surface area (Å²) in [6.07, 6.45) is -4.61. The topological polar surface area (TPSA) is 50.1 Å². The fraction of sp³-hybridized carbons (Fsp3) is 0.273. The fourth-order valence-corrected chi connectivity index (χ4v) is 1.40. The van der Waals surface area contributed by atoms with Crippen molar-refractivity contribution in [2.24, 2.45) is 0 Å². The monoisotopic (exact) mass is 243 g/mol. The smallest absolute Gasteiger partial charge is 0.416 e. The van der Waals surface area contributed by atoms with Crippen LogP contribution in [-0.2, 0) is 10.9 Å². The Morgan fingerprint density at radius 3 is 2.41 bits per heavy atom. The Labute approximate surface area is 95.4 Å². The molecule has 0 radical (unpaired) electrons. The van der Waals surface area contributed by atoms with Crippen LogP contribution >= 0.6 is 0 Å². The van der Waals surface area contributed by atoms with Crippen molar-refractivity contribution >= 4 is 5.97 Å². The molecule has 0 spiro atoms. The van der Waals surface area contributed by atoms with Crippen LogP contribution < -0.4 is 0 Å². The second kappa shape index (κ2) is 4.45. The van der Waals surface area contributed by atoms with Crippen LogP contribution in [0, 0.1) is 18.3 Å². The molecule has 90 valence electrons. The van der Waals surface area contributed by atoms with Gasteiger partial charge in [-0.2, -0.15) is 18.4 Å². The van der Waals surface area contributed by atoms with E-state index in [1.54, 1.807) is 6.07 Å². The summed E-state index contributed by atoms with van der Waals surface area (Å²) in [4.78, 5) is 11.3. The molecule has 0 bridgehead atoms. The second-order valence-corrected chi connectivity index (χ2v) is 3.30. The first kappa shape index (κ1) is 13.0. The molecule has 6 heteroatoms. The summed E-state index contributed by atoms with van der Waals surface area (Å²) in [7, 11) is 1.06. The van der Waals surface area contributed by atoms with E-state index in [2.05, 4.69) is 4.74 Å². The third-order valence-corrected chi connectivity index (χ3v) is 2.25. The molecule has 0 saturated carbocycles. The fourth-order valence-electron chi connectivity index (χ4n) is 1.40. The number of rotatable bonds is 1. The van der Waals surface area contributed by atoms with Gasteiger partial charge in [-0.25, -0.2) is 4.79 Å². The standard InChI is InChI=1S/C11H8F3NO2/c1-6-8(10(16)17-2)3-7(5-15)4-9(6)11(12,13)14/h3-4H,1-2H3. The Balaban J connectivity index is 3.54. The Morgan fingerprint density at radius 2 is 2.00 bits per heavy atom. The van der Waals surface area contributed by atoms with Crippen molar-refractivity contribution in [3.05, 3.63) is 34.4 Å². The lowest BCUT2D eigenvalue weighted by molar-refractivity contribution is -0.138. The number of nitriles is 1. The quantitative estimate of drug-likeness (QED) is 0.712. The van der Waals surface area contributed by atoms with Gasteiger partial charge in [-0.05, 0) is 24.6 Å². The lowest BCUT2D eigenvalue weighted by Crippen LogP contribution is -2.13. The second-order valence-electron chi connectivity index (χ2n) is 3.30. The molecule has 0 fully saturated rings. The van der Waals surface area contributed by atoms with Gasteiger partial charge in [-0.3, -0.25) is 0 Å². The summed E-state index contributed by atoms with van der Waals surface area (Å²) in [5.41, 5.74) is -1.73. The number of halogens is 3. The summed E-state index contributed by atoms with van der Waals surface area (Å²) in [5.74, 6) is -0.898. The number of ether oxygens (including phenoxy) is 1. The molecule has 0 aliphatic heterocycles. The highest BCUT2D eigenvalue weighted by Crippen LogP contribution is 2.34. The van der Waals surface area contributed by atoms with E-state index >= 15 is 0 Å². The summed E-state index contributed by atoms with van der Waals surface area (Å²) < 4.78 is 42.3. The molecule has 1 aromatic carbocycles. The molecular weight excluding hydrogens is 235 g/mol. The first-order valence-electron chi connectivity index (χ1n) is 4.51. The molecule has 0 atom stereocenters. The number of nitrogens with zero attached hydrogens (tertiary/aromatic N) is 1. The van der Waals surface area contributed by atoms with Crippen molar-refractivity contribution in [2.75, 3.05) is 7.11 Å². The van der Waals surface area contributed by atoms with Gasteiger partial charge in [0.15, 0.2) is 0 Å². The molecule has 1 rings (SSSR count). The van der Waals surface area contributed by atoms with Gasteiger partial charge in [0.25, 0.3) is 0 Å². The molecule has 0 heterocycles. The van der Waals surface area contributed by atoms with E-state index < -0.39 is 17.7 Å². The first-order valence-corrected chi connectivity index (χ1v) is 4.51. The zero-order valence-corrected chi connectivity index (χ0v) is 9.05. The lowest BCUT2D eigenvalue weighted by Gasteiger charge is -2.13. The number of carbonyl (C=O) groups is 1. The molecular formula is C11H8F3NO2. The summed E-state index contributed by atoms with van der Waals surface area (Å²) in [6, 6.07) is 3.37. The van der Waals surface area contributed by atoms with E-state index in [1.807, 2.05) is 0 Å². The zero-order chi connectivity index (χ0) is 13.2. The van der Waals surface area contributed by atoms with Crippen LogP contribution in [0.15, 0.2) is 12.1 Å². The maximum Gasteiger partial charge on any atom is 0.416 e. The van der Waals surface area contributed by atoms with E-state index in [0.717, 1.165) is 20.1 Å². The molecule has 0 unspecified atom stereocenters. The van der Waals surface area contributed by atoms with Gasteiger partial charge >= 0.3 is 12.1 Å². The van der Waals surface area contributed by atoms with Gasteiger partial charge in [-0.1, -0.05) is 0 Å². The van der Waals surface area contributed by atoms with Crippen LogP contribution in [0.1, 0.15) is 27.0 Å². The van der Waals surface area contributed by atoms with Gasteiger partial charge in [0.05, 0.1) is 29.9 Å². The van der Waals surface area contributed by atoms with Crippen LogP contribution in [0.25, 0.3) is 0 Å². The van der Waals surface area contributed by atoms with Crippen LogP contribution in [0.3, 0.4) is 0 Å². The SMILES string of the molecule is COC(=O)c1cc(C#N)cc(C(F)(F)F)c1C. The number of hydrogen-bond donors (Lipinski definition) is 0. The minimum Gasteiger partial charge on any atom is -0.465 e. The Morgan fingerprint density at radius 1 is 1.41 bits per heavy atom. The molecule has 0 saturated heterocycles.